The molecule has 1 atom stereocenters. The van der Waals surface area contributed by atoms with Gasteiger partial charge in [-0.1, -0.05) is 27.7 Å². The number of hydrogen-bond acceptors (Lipinski definition) is 3. The van der Waals surface area contributed by atoms with Gasteiger partial charge in [0.2, 0.25) is 0 Å². The summed E-state index contributed by atoms with van der Waals surface area (Å²) < 4.78 is 5.53. The van der Waals surface area contributed by atoms with Crippen LogP contribution in [0.1, 0.15) is 59.8 Å². The van der Waals surface area contributed by atoms with Gasteiger partial charge < -0.3 is 4.74 Å². The van der Waals surface area contributed by atoms with Crippen LogP contribution >= 0.6 is 0 Å². The summed E-state index contributed by atoms with van der Waals surface area (Å²) in [6.45, 7) is 15.3. The predicted octanol–water partition coefficient (Wildman–Crippen LogP) is 3.88. The van der Waals surface area contributed by atoms with E-state index in [2.05, 4.69) is 37.5 Å². The zero-order chi connectivity index (χ0) is 16.8. The summed E-state index contributed by atoms with van der Waals surface area (Å²) in [6, 6.07) is 1.42. The maximum absolute atomic E-state index is 5.53. The third kappa shape index (κ3) is 5.72. The lowest BCUT2D eigenvalue weighted by Gasteiger charge is -2.46. The second-order valence-electron chi connectivity index (χ2n) is 8.64. The molecule has 0 N–H and O–H groups in total. The maximum atomic E-state index is 5.53. The normalized spacial score (nSPS) is 31.2. The van der Waals surface area contributed by atoms with Crippen LogP contribution in [0.2, 0.25) is 0 Å². The second-order valence-corrected chi connectivity index (χ2v) is 8.64. The molecule has 2 fully saturated rings. The van der Waals surface area contributed by atoms with E-state index in [9.17, 15) is 0 Å². The molecule has 0 aromatic heterocycles. The number of ether oxygens (including phenoxy) is 1. The zero-order valence-corrected chi connectivity index (χ0v) is 16.3. The quantitative estimate of drug-likeness (QED) is 0.707. The molecule has 0 unspecified atom stereocenters. The fourth-order valence-electron chi connectivity index (χ4n) is 4.45. The topological polar surface area (TPSA) is 15.7 Å². The Labute approximate surface area is 144 Å². The summed E-state index contributed by atoms with van der Waals surface area (Å²) in [6.07, 6.45) is 7.00. The summed E-state index contributed by atoms with van der Waals surface area (Å²) >= 11 is 0. The van der Waals surface area contributed by atoms with E-state index in [0.717, 1.165) is 30.4 Å². The predicted molar refractivity (Wildman–Crippen MR) is 98.8 cm³/mol. The number of methoxy groups -OCH3 is 1. The summed E-state index contributed by atoms with van der Waals surface area (Å²) in [5, 5.41) is 0. The van der Waals surface area contributed by atoms with Crippen molar-refractivity contribution in [3.8, 4) is 0 Å². The number of nitrogens with zero attached hydrogens (tertiary/aromatic N) is 2. The lowest BCUT2D eigenvalue weighted by molar-refractivity contribution is -0.00385. The highest BCUT2D eigenvalue weighted by Gasteiger charge is 2.33. The van der Waals surface area contributed by atoms with Crippen molar-refractivity contribution in [1.82, 2.24) is 9.80 Å². The van der Waals surface area contributed by atoms with Crippen LogP contribution in [0.15, 0.2) is 0 Å². The number of rotatable bonds is 7. The fourth-order valence-corrected chi connectivity index (χ4v) is 4.45. The molecule has 1 aliphatic heterocycles. The van der Waals surface area contributed by atoms with Crippen molar-refractivity contribution < 1.29 is 4.74 Å². The average Bonchev–Trinajstić information content (AvgIpc) is 2.54. The molecular weight excluding hydrogens is 284 g/mol. The molecule has 1 aliphatic carbocycles. The molecule has 1 heterocycles. The molecule has 0 bridgehead atoms. The fraction of sp³-hybridized carbons (Fsp3) is 1.00. The van der Waals surface area contributed by atoms with Crippen LogP contribution < -0.4 is 0 Å². The van der Waals surface area contributed by atoms with Crippen molar-refractivity contribution in [2.45, 2.75) is 71.9 Å². The molecule has 23 heavy (non-hydrogen) atoms. The van der Waals surface area contributed by atoms with Crippen LogP contribution in [-0.2, 0) is 4.74 Å². The van der Waals surface area contributed by atoms with Gasteiger partial charge in [-0.25, -0.2) is 0 Å². The second kappa shape index (κ2) is 9.39. The van der Waals surface area contributed by atoms with E-state index in [4.69, 9.17) is 4.74 Å². The zero-order valence-electron chi connectivity index (χ0n) is 16.3. The van der Waals surface area contributed by atoms with Gasteiger partial charge in [-0.3, -0.25) is 9.80 Å². The minimum absolute atomic E-state index is 0.593. The van der Waals surface area contributed by atoms with Crippen LogP contribution in [-0.4, -0.2) is 61.8 Å². The molecule has 0 aromatic rings. The van der Waals surface area contributed by atoms with Crippen LogP contribution in [0.3, 0.4) is 0 Å². The van der Waals surface area contributed by atoms with E-state index in [1.54, 1.807) is 0 Å². The van der Waals surface area contributed by atoms with Crippen LogP contribution in [0, 0.1) is 17.8 Å². The summed E-state index contributed by atoms with van der Waals surface area (Å²) in [7, 11) is 1.85. The minimum atomic E-state index is 0.593. The first kappa shape index (κ1) is 19.2. The Balaban J connectivity index is 1.84. The van der Waals surface area contributed by atoms with Gasteiger partial charge in [-0.05, 0) is 56.4 Å². The average molecular weight is 325 g/mol. The van der Waals surface area contributed by atoms with E-state index in [-0.39, 0.29) is 0 Å². The molecule has 2 aliphatic rings. The van der Waals surface area contributed by atoms with Crippen LogP contribution in [0.25, 0.3) is 0 Å². The van der Waals surface area contributed by atoms with Gasteiger partial charge in [0.05, 0.1) is 6.61 Å². The maximum Gasteiger partial charge on any atom is 0.0630 e. The van der Waals surface area contributed by atoms with Gasteiger partial charge in [0.25, 0.3) is 0 Å². The Kier molecular flexibility index (Phi) is 7.84. The third-order valence-electron chi connectivity index (χ3n) is 6.19. The Morgan fingerprint density at radius 1 is 1.00 bits per heavy atom. The van der Waals surface area contributed by atoms with Crippen molar-refractivity contribution in [3.05, 3.63) is 0 Å². The lowest BCUT2D eigenvalue weighted by atomic mass is 9.79. The molecule has 0 amide bonds. The molecular formula is C20H40N2O. The highest BCUT2D eigenvalue weighted by Crippen LogP contribution is 2.33. The summed E-state index contributed by atoms with van der Waals surface area (Å²) in [4.78, 5) is 5.46. The monoisotopic (exact) mass is 324 g/mol. The van der Waals surface area contributed by atoms with Crippen molar-refractivity contribution >= 4 is 0 Å². The number of piperazine rings is 1. The van der Waals surface area contributed by atoms with Crippen LogP contribution in [0.5, 0.6) is 0 Å². The Hall–Kier alpha value is -0.120. The standard InChI is InChI=1S/C20H40N2O/c1-16(2)10-11-21-12-13-22(14-20(21)15-23-5)19-8-6-18(7-9-19)17(3)4/h16-20H,6-15H2,1-5H3/t18?,19?,20-/m1/s1. The van der Waals surface area contributed by atoms with Crippen LogP contribution in [0.4, 0.5) is 0 Å². The van der Waals surface area contributed by atoms with Gasteiger partial charge in [-0.2, -0.15) is 0 Å². The van der Waals surface area contributed by atoms with E-state index in [0.29, 0.717) is 6.04 Å². The summed E-state index contributed by atoms with van der Waals surface area (Å²) in [5.74, 6) is 2.63. The van der Waals surface area contributed by atoms with Crippen molar-refractivity contribution in [3.63, 3.8) is 0 Å². The van der Waals surface area contributed by atoms with Gasteiger partial charge in [0, 0.05) is 38.8 Å². The molecule has 0 aromatic carbocycles. The largest absolute Gasteiger partial charge is 0.383 e. The molecule has 0 radical (unpaired) electrons. The van der Waals surface area contributed by atoms with Crippen molar-refractivity contribution in [2.75, 3.05) is 39.9 Å². The Morgan fingerprint density at radius 3 is 2.26 bits per heavy atom. The van der Waals surface area contributed by atoms with E-state index in [1.165, 1.54) is 58.3 Å². The van der Waals surface area contributed by atoms with Crippen molar-refractivity contribution in [1.29, 1.82) is 0 Å². The van der Waals surface area contributed by atoms with E-state index < -0.39 is 0 Å². The molecule has 2 rings (SSSR count). The van der Waals surface area contributed by atoms with Gasteiger partial charge in [-0.15, -0.1) is 0 Å². The number of hydrogen-bond donors (Lipinski definition) is 0. The highest BCUT2D eigenvalue weighted by molar-refractivity contribution is 4.88. The first-order valence-corrected chi connectivity index (χ1v) is 9.98. The first-order chi connectivity index (χ1) is 11.0. The van der Waals surface area contributed by atoms with E-state index in [1.807, 2.05) is 7.11 Å². The van der Waals surface area contributed by atoms with Gasteiger partial charge >= 0.3 is 0 Å². The molecule has 1 saturated carbocycles. The molecule has 136 valence electrons. The van der Waals surface area contributed by atoms with Crippen molar-refractivity contribution in [2.24, 2.45) is 17.8 Å². The summed E-state index contributed by atoms with van der Waals surface area (Å²) in [5.41, 5.74) is 0. The Morgan fingerprint density at radius 2 is 1.70 bits per heavy atom. The van der Waals surface area contributed by atoms with E-state index >= 15 is 0 Å². The minimum Gasteiger partial charge on any atom is -0.383 e. The Bertz CT molecular complexity index is 324. The molecule has 1 saturated heterocycles. The molecule has 3 heteroatoms. The highest BCUT2D eigenvalue weighted by atomic mass is 16.5. The first-order valence-electron chi connectivity index (χ1n) is 9.98. The SMILES string of the molecule is COC[C@H]1CN(C2CCC(C(C)C)CC2)CCN1CCC(C)C. The smallest absolute Gasteiger partial charge is 0.0630 e. The third-order valence-corrected chi connectivity index (χ3v) is 6.19. The molecule has 0 spiro atoms. The molecule has 3 nitrogen and oxygen atoms in total. The van der Waals surface area contributed by atoms with Gasteiger partial charge in [0.1, 0.15) is 0 Å². The van der Waals surface area contributed by atoms with Gasteiger partial charge in [0.15, 0.2) is 0 Å². The lowest BCUT2D eigenvalue weighted by Crippen LogP contribution is -2.58.